The van der Waals surface area contributed by atoms with Gasteiger partial charge in [0, 0.05) is 18.3 Å². The van der Waals surface area contributed by atoms with E-state index in [0.29, 0.717) is 19.8 Å². The van der Waals surface area contributed by atoms with Gasteiger partial charge < -0.3 is 9.47 Å². The molecule has 1 fully saturated rings. The van der Waals surface area contributed by atoms with Crippen molar-refractivity contribution < 1.29 is 9.47 Å². The molecule has 0 spiro atoms. The van der Waals surface area contributed by atoms with Crippen molar-refractivity contribution in [2.75, 3.05) is 19.8 Å². The second-order valence-corrected chi connectivity index (χ2v) is 4.09. The van der Waals surface area contributed by atoms with E-state index in [9.17, 15) is 0 Å². The van der Waals surface area contributed by atoms with E-state index in [0.717, 1.165) is 12.1 Å². The number of hydrogen-bond donors (Lipinski definition) is 0. The Morgan fingerprint density at radius 2 is 2.40 bits per heavy atom. The zero-order valence-electron chi connectivity index (χ0n) is 8.43. The summed E-state index contributed by atoms with van der Waals surface area (Å²) in [6, 6.07) is 5.83. The van der Waals surface area contributed by atoms with Crippen LogP contribution in [0.25, 0.3) is 0 Å². The van der Waals surface area contributed by atoms with Crippen LogP contribution in [0, 0.1) is 0 Å². The van der Waals surface area contributed by atoms with Gasteiger partial charge >= 0.3 is 0 Å². The Labute approximate surface area is 94.4 Å². The summed E-state index contributed by atoms with van der Waals surface area (Å²) >= 11 is 6.25. The number of pyridine rings is 1. The lowest BCUT2D eigenvalue weighted by atomic mass is 10.1. The average Bonchev–Trinajstić information content (AvgIpc) is 2.31. The van der Waals surface area contributed by atoms with Crippen LogP contribution in [-0.2, 0) is 15.9 Å². The molecule has 4 heteroatoms. The van der Waals surface area contributed by atoms with Gasteiger partial charge in [-0.25, -0.2) is 0 Å². The standard InChI is InChI=1S/C11H14ClNO2/c12-10(11-8-14-5-6-15-11)7-9-3-1-2-4-13-9/h1-4,10-11H,5-8H2. The molecule has 0 aromatic carbocycles. The van der Waals surface area contributed by atoms with Gasteiger partial charge in [0.25, 0.3) is 0 Å². The van der Waals surface area contributed by atoms with Gasteiger partial charge in [0.1, 0.15) is 0 Å². The third-order valence-corrected chi connectivity index (χ3v) is 2.81. The number of ether oxygens (including phenoxy) is 2. The minimum absolute atomic E-state index is 0.0116. The molecule has 0 bridgehead atoms. The highest BCUT2D eigenvalue weighted by atomic mass is 35.5. The molecule has 1 aliphatic rings. The fourth-order valence-corrected chi connectivity index (χ4v) is 1.87. The average molecular weight is 228 g/mol. The summed E-state index contributed by atoms with van der Waals surface area (Å²) in [4.78, 5) is 4.23. The Morgan fingerprint density at radius 3 is 3.07 bits per heavy atom. The minimum atomic E-state index is -0.0693. The third-order valence-electron chi connectivity index (χ3n) is 2.38. The Bertz CT molecular complexity index is 288. The molecule has 2 rings (SSSR count). The highest BCUT2D eigenvalue weighted by Gasteiger charge is 2.23. The highest BCUT2D eigenvalue weighted by Crippen LogP contribution is 2.15. The first-order chi connectivity index (χ1) is 7.36. The second-order valence-electron chi connectivity index (χ2n) is 3.53. The monoisotopic (exact) mass is 227 g/mol. The predicted molar refractivity (Wildman–Crippen MR) is 58.1 cm³/mol. The minimum Gasteiger partial charge on any atom is -0.376 e. The van der Waals surface area contributed by atoms with Crippen LogP contribution in [0.3, 0.4) is 0 Å². The molecule has 2 atom stereocenters. The van der Waals surface area contributed by atoms with Crippen molar-refractivity contribution in [3.63, 3.8) is 0 Å². The van der Waals surface area contributed by atoms with Crippen LogP contribution in [0.2, 0.25) is 0 Å². The van der Waals surface area contributed by atoms with E-state index in [4.69, 9.17) is 21.1 Å². The zero-order chi connectivity index (χ0) is 10.5. The maximum Gasteiger partial charge on any atom is 0.0976 e. The molecular formula is C11H14ClNO2. The van der Waals surface area contributed by atoms with Crippen LogP contribution >= 0.6 is 11.6 Å². The lowest BCUT2D eigenvalue weighted by molar-refractivity contribution is -0.0887. The largest absolute Gasteiger partial charge is 0.376 e. The molecule has 82 valence electrons. The molecule has 3 nitrogen and oxygen atoms in total. The molecule has 0 saturated carbocycles. The first kappa shape index (κ1) is 10.9. The Morgan fingerprint density at radius 1 is 1.47 bits per heavy atom. The number of alkyl halides is 1. The van der Waals surface area contributed by atoms with E-state index in [1.165, 1.54) is 0 Å². The SMILES string of the molecule is ClC(Cc1ccccn1)C1COCCO1. The van der Waals surface area contributed by atoms with E-state index < -0.39 is 0 Å². The van der Waals surface area contributed by atoms with Gasteiger partial charge in [-0.2, -0.15) is 0 Å². The van der Waals surface area contributed by atoms with E-state index in [1.54, 1.807) is 6.20 Å². The van der Waals surface area contributed by atoms with Gasteiger partial charge in [0.2, 0.25) is 0 Å². The smallest absolute Gasteiger partial charge is 0.0976 e. The van der Waals surface area contributed by atoms with E-state index in [-0.39, 0.29) is 11.5 Å². The quantitative estimate of drug-likeness (QED) is 0.736. The van der Waals surface area contributed by atoms with Gasteiger partial charge in [-0.05, 0) is 12.1 Å². The molecule has 0 aliphatic carbocycles. The molecule has 0 N–H and O–H groups in total. The van der Waals surface area contributed by atoms with Gasteiger partial charge in [-0.15, -0.1) is 11.6 Å². The number of hydrogen-bond acceptors (Lipinski definition) is 3. The maximum atomic E-state index is 6.25. The zero-order valence-corrected chi connectivity index (χ0v) is 9.19. The summed E-state index contributed by atoms with van der Waals surface area (Å²) < 4.78 is 10.8. The molecule has 1 saturated heterocycles. The molecule has 15 heavy (non-hydrogen) atoms. The van der Waals surface area contributed by atoms with Crippen molar-refractivity contribution >= 4 is 11.6 Å². The molecule has 0 radical (unpaired) electrons. The molecule has 2 heterocycles. The summed E-state index contributed by atoms with van der Waals surface area (Å²) in [6.45, 7) is 1.89. The Hall–Kier alpha value is -0.640. The van der Waals surface area contributed by atoms with Gasteiger partial charge in [0.15, 0.2) is 0 Å². The van der Waals surface area contributed by atoms with Crippen molar-refractivity contribution in [3.8, 4) is 0 Å². The molecule has 1 aromatic heterocycles. The van der Waals surface area contributed by atoms with Crippen LogP contribution in [0.4, 0.5) is 0 Å². The van der Waals surface area contributed by atoms with Crippen LogP contribution < -0.4 is 0 Å². The topological polar surface area (TPSA) is 31.4 Å². The molecule has 1 aromatic rings. The number of aromatic nitrogens is 1. The lowest BCUT2D eigenvalue weighted by Crippen LogP contribution is -2.36. The summed E-state index contributed by atoms with van der Waals surface area (Å²) in [5.41, 5.74) is 0.992. The summed E-state index contributed by atoms with van der Waals surface area (Å²) in [5.74, 6) is 0. The normalized spacial score (nSPS) is 23.7. The second kappa shape index (κ2) is 5.45. The van der Waals surface area contributed by atoms with Crippen LogP contribution in [0.5, 0.6) is 0 Å². The Kier molecular flexibility index (Phi) is 3.94. The molecule has 0 amide bonds. The van der Waals surface area contributed by atoms with Crippen LogP contribution in [-0.4, -0.2) is 36.3 Å². The molecule has 2 unspecified atom stereocenters. The van der Waals surface area contributed by atoms with Gasteiger partial charge in [-0.3, -0.25) is 4.98 Å². The van der Waals surface area contributed by atoms with E-state index >= 15 is 0 Å². The van der Waals surface area contributed by atoms with Gasteiger partial charge in [-0.1, -0.05) is 6.07 Å². The van der Waals surface area contributed by atoms with Crippen molar-refractivity contribution in [2.45, 2.75) is 17.9 Å². The summed E-state index contributed by atoms with van der Waals surface area (Å²) in [7, 11) is 0. The number of halogens is 1. The summed E-state index contributed by atoms with van der Waals surface area (Å²) in [5, 5.41) is -0.0693. The fourth-order valence-electron chi connectivity index (χ4n) is 1.56. The van der Waals surface area contributed by atoms with Crippen LogP contribution in [0.1, 0.15) is 5.69 Å². The van der Waals surface area contributed by atoms with E-state index in [1.807, 2.05) is 18.2 Å². The van der Waals surface area contributed by atoms with Crippen molar-refractivity contribution in [1.82, 2.24) is 4.98 Å². The lowest BCUT2D eigenvalue weighted by Gasteiger charge is -2.26. The first-order valence-corrected chi connectivity index (χ1v) is 5.53. The van der Waals surface area contributed by atoms with Gasteiger partial charge in [0.05, 0.1) is 31.3 Å². The third kappa shape index (κ3) is 3.16. The Balaban J connectivity index is 1.88. The van der Waals surface area contributed by atoms with E-state index in [2.05, 4.69) is 4.98 Å². The first-order valence-electron chi connectivity index (χ1n) is 5.09. The van der Waals surface area contributed by atoms with Crippen LogP contribution in [0.15, 0.2) is 24.4 Å². The number of rotatable bonds is 3. The van der Waals surface area contributed by atoms with Crippen molar-refractivity contribution in [3.05, 3.63) is 30.1 Å². The van der Waals surface area contributed by atoms with Crippen molar-refractivity contribution in [2.24, 2.45) is 0 Å². The van der Waals surface area contributed by atoms with Crippen molar-refractivity contribution in [1.29, 1.82) is 0 Å². The molecule has 1 aliphatic heterocycles. The predicted octanol–water partition coefficient (Wildman–Crippen LogP) is 1.65. The fraction of sp³-hybridized carbons (Fsp3) is 0.545. The molecular weight excluding hydrogens is 214 g/mol. The number of nitrogens with zero attached hydrogens (tertiary/aromatic N) is 1. The maximum absolute atomic E-state index is 6.25. The highest BCUT2D eigenvalue weighted by molar-refractivity contribution is 6.21. The summed E-state index contributed by atoms with van der Waals surface area (Å²) in [6.07, 6.45) is 2.48.